The van der Waals surface area contributed by atoms with E-state index >= 15 is 0 Å². The van der Waals surface area contributed by atoms with E-state index in [1.165, 1.54) is 16.2 Å². The van der Waals surface area contributed by atoms with E-state index < -0.39 is 6.04 Å². The average Bonchev–Trinajstić information content (AvgIpc) is 3.47. The Morgan fingerprint density at radius 3 is 2.71 bits per heavy atom. The fraction of sp³-hybridized carbons (Fsp3) is 0.269. The SMILES string of the molecule is CCCCOc1ccc([C@@H]2c3c(oc4ccccc4c3=O)C(=O)N2c2nccs2)cc1OCC. The summed E-state index contributed by atoms with van der Waals surface area (Å²) in [5, 5.41) is 2.72. The summed E-state index contributed by atoms with van der Waals surface area (Å²) in [7, 11) is 0. The number of unbranched alkanes of at least 4 members (excludes halogenated alkanes) is 1. The molecule has 1 amide bonds. The van der Waals surface area contributed by atoms with Crippen molar-refractivity contribution >= 4 is 33.3 Å². The number of carbonyl (C=O) groups is 1. The van der Waals surface area contributed by atoms with Gasteiger partial charge in [-0.2, -0.15) is 0 Å². The molecular weight excluding hydrogens is 452 g/mol. The number of thiazole rings is 1. The minimum atomic E-state index is -0.696. The first-order valence-corrected chi connectivity index (χ1v) is 12.2. The molecule has 174 valence electrons. The van der Waals surface area contributed by atoms with Crippen LogP contribution in [0.25, 0.3) is 11.0 Å². The Hall–Kier alpha value is -3.65. The van der Waals surface area contributed by atoms with E-state index in [2.05, 4.69) is 11.9 Å². The maximum Gasteiger partial charge on any atom is 0.297 e. The third-order valence-electron chi connectivity index (χ3n) is 5.74. The Kier molecular flexibility index (Phi) is 6.06. The highest BCUT2D eigenvalue weighted by Crippen LogP contribution is 2.43. The van der Waals surface area contributed by atoms with Crippen molar-refractivity contribution in [1.82, 2.24) is 4.98 Å². The molecule has 34 heavy (non-hydrogen) atoms. The Morgan fingerprint density at radius 1 is 1.09 bits per heavy atom. The first kappa shape index (κ1) is 22.2. The molecular formula is C26H24N2O5S. The van der Waals surface area contributed by atoms with Crippen molar-refractivity contribution in [3.05, 3.63) is 81.2 Å². The lowest BCUT2D eigenvalue weighted by molar-refractivity contribution is 0.0971. The van der Waals surface area contributed by atoms with Crippen molar-refractivity contribution in [3.8, 4) is 11.5 Å². The zero-order valence-electron chi connectivity index (χ0n) is 18.9. The number of hydrogen-bond donors (Lipinski definition) is 0. The van der Waals surface area contributed by atoms with Crippen molar-refractivity contribution in [2.75, 3.05) is 18.1 Å². The Balaban J connectivity index is 1.69. The number of hydrogen-bond acceptors (Lipinski definition) is 7. The highest BCUT2D eigenvalue weighted by molar-refractivity contribution is 7.13. The van der Waals surface area contributed by atoms with E-state index in [-0.39, 0.29) is 17.1 Å². The fourth-order valence-electron chi connectivity index (χ4n) is 4.18. The van der Waals surface area contributed by atoms with Gasteiger partial charge in [0.25, 0.3) is 5.91 Å². The predicted molar refractivity (Wildman–Crippen MR) is 131 cm³/mol. The number of carbonyl (C=O) groups excluding carboxylic acids is 1. The van der Waals surface area contributed by atoms with Gasteiger partial charge in [0.05, 0.1) is 30.2 Å². The molecule has 3 heterocycles. The van der Waals surface area contributed by atoms with Gasteiger partial charge in [0, 0.05) is 11.6 Å². The quantitative estimate of drug-likeness (QED) is 0.309. The zero-order valence-corrected chi connectivity index (χ0v) is 19.8. The molecule has 0 N–H and O–H groups in total. The number of fused-ring (bicyclic) bond motifs is 2. The molecule has 0 aliphatic carbocycles. The smallest absolute Gasteiger partial charge is 0.297 e. The summed E-state index contributed by atoms with van der Waals surface area (Å²) < 4.78 is 17.8. The number of nitrogens with zero attached hydrogens (tertiary/aromatic N) is 2. The van der Waals surface area contributed by atoms with Gasteiger partial charge in [-0.25, -0.2) is 4.98 Å². The summed E-state index contributed by atoms with van der Waals surface area (Å²) in [6.07, 6.45) is 3.59. The van der Waals surface area contributed by atoms with Crippen LogP contribution in [0.2, 0.25) is 0 Å². The van der Waals surface area contributed by atoms with Crippen LogP contribution in [0.3, 0.4) is 0 Å². The third kappa shape index (κ3) is 3.74. The number of aromatic nitrogens is 1. The van der Waals surface area contributed by atoms with E-state index in [0.29, 0.717) is 46.4 Å². The molecule has 1 atom stereocenters. The van der Waals surface area contributed by atoms with Crippen LogP contribution in [0, 0.1) is 0 Å². The highest BCUT2D eigenvalue weighted by atomic mass is 32.1. The predicted octanol–water partition coefficient (Wildman–Crippen LogP) is 5.58. The second-order valence-corrected chi connectivity index (χ2v) is 8.78. The molecule has 1 aliphatic rings. The van der Waals surface area contributed by atoms with Gasteiger partial charge in [-0.1, -0.05) is 31.5 Å². The molecule has 7 nitrogen and oxygen atoms in total. The summed E-state index contributed by atoms with van der Waals surface area (Å²) in [6, 6.07) is 11.8. The molecule has 5 rings (SSSR count). The number of amides is 1. The average molecular weight is 477 g/mol. The Morgan fingerprint density at radius 2 is 1.94 bits per heavy atom. The standard InChI is InChI=1S/C26H24N2O5S/c1-3-5-13-32-19-11-10-16(15-20(19)31-4-2)22-21-23(29)17-8-6-7-9-18(17)33-24(21)25(30)28(22)26-27-12-14-34-26/h6-12,14-15,22H,3-5,13H2,1-2H3/t22-/m1/s1. The van der Waals surface area contributed by atoms with E-state index in [4.69, 9.17) is 13.9 Å². The second-order valence-electron chi connectivity index (χ2n) is 7.90. The van der Waals surface area contributed by atoms with Gasteiger partial charge in [-0.15, -0.1) is 11.3 Å². The number of rotatable bonds is 8. The summed E-state index contributed by atoms with van der Waals surface area (Å²) in [4.78, 5) is 33.0. The fourth-order valence-corrected chi connectivity index (χ4v) is 4.84. The third-order valence-corrected chi connectivity index (χ3v) is 6.51. The number of ether oxygens (including phenoxy) is 2. The largest absolute Gasteiger partial charge is 0.490 e. The number of benzene rings is 2. The van der Waals surface area contributed by atoms with Crippen LogP contribution < -0.4 is 19.8 Å². The first-order valence-electron chi connectivity index (χ1n) is 11.3. The number of para-hydroxylation sites is 1. The minimum absolute atomic E-state index is 0.0464. The molecule has 2 aromatic heterocycles. The van der Waals surface area contributed by atoms with Gasteiger partial charge in [-0.05, 0) is 43.2 Å². The molecule has 1 aliphatic heterocycles. The van der Waals surface area contributed by atoms with E-state index in [1.807, 2.05) is 25.1 Å². The van der Waals surface area contributed by atoms with Crippen LogP contribution in [0.4, 0.5) is 5.13 Å². The molecule has 0 saturated carbocycles. The lowest BCUT2D eigenvalue weighted by Gasteiger charge is -2.23. The van der Waals surface area contributed by atoms with Crippen LogP contribution in [-0.4, -0.2) is 24.1 Å². The van der Waals surface area contributed by atoms with Gasteiger partial charge in [0.2, 0.25) is 5.76 Å². The maximum atomic E-state index is 13.6. The van der Waals surface area contributed by atoms with Crippen molar-refractivity contribution in [1.29, 1.82) is 0 Å². The normalized spacial score (nSPS) is 15.1. The van der Waals surface area contributed by atoms with E-state index in [0.717, 1.165) is 18.4 Å². The first-order chi connectivity index (χ1) is 16.6. The zero-order chi connectivity index (χ0) is 23.7. The molecule has 0 radical (unpaired) electrons. The maximum absolute atomic E-state index is 13.6. The van der Waals surface area contributed by atoms with Gasteiger partial charge in [0.15, 0.2) is 22.1 Å². The monoisotopic (exact) mass is 476 g/mol. The molecule has 4 aromatic rings. The van der Waals surface area contributed by atoms with Crippen molar-refractivity contribution in [3.63, 3.8) is 0 Å². The molecule has 0 fully saturated rings. The number of anilines is 1. The summed E-state index contributed by atoms with van der Waals surface area (Å²) in [6.45, 7) is 5.05. The van der Waals surface area contributed by atoms with Crippen molar-refractivity contribution < 1.29 is 18.7 Å². The summed E-state index contributed by atoms with van der Waals surface area (Å²) in [5.41, 5.74) is 1.18. The van der Waals surface area contributed by atoms with Gasteiger partial charge >= 0.3 is 0 Å². The molecule has 0 unspecified atom stereocenters. The van der Waals surface area contributed by atoms with Crippen LogP contribution >= 0.6 is 11.3 Å². The molecule has 2 aromatic carbocycles. The summed E-state index contributed by atoms with van der Waals surface area (Å²) in [5.74, 6) is 0.861. The van der Waals surface area contributed by atoms with E-state index in [9.17, 15) is 9.59 Å². The van der Waals surface area contributed by atoms with Crippen LogP contribution in [0.15, 0.2) is 63.3 Å². The van der Waals surface area contributed by atoms with E-state index in [1.54, 1.807) is 35.8 Å². The Bertz CT molecular complexity index is 1400. The van der Waals surface area contributed by atoms with Gasteiger partial charge < -0.3 is 13.9 Å². The topological polar surface area (TPSA) is 81.9 Å². The van der Waals surface area contributed by atoms with Crippen LogP contribution in [-0.2, 0) is 0 Å². The molecule has 0 spiro atoms. The van der Waals surface area contributed by atoms with Crippen molar-refractivity contribution in [2.45, 2.75) is 32.7 Å². The van der Waals surface area contributed by atoms with Crippen LogP contribution in [0.1, 0.15) is 54.4 Å². The molecule has 0 bridgehead atoms. The second kappa shape index (κ2) is 9.30. The highest BCUT2D eigenvalue weighted by Gasteiger charge is 2.45. The molecule has 8 heteroatoms. The van der Waals surface area contributed by atoms with Gasteiger partial charge in [0.1, 0.15) is 5.58 Å². The molecule has 0 saturated heterocycles. The van der Waals surface area contributed by atoms with Crippen LogP contribution in [0.5, 0.6) is 11.5 Å². The summed E-state index contributed by atoms with van der Waals surface area (Å²) >= 11 is 1.33. The van der Waals surface area contributed by atoms with Gasteiger partial charge in [-0.3, -0.25) is 14.5 Å². The minimum Gasteiger partial charge on any atom is -0.490 e. The lowest BCUT2D eigenvalue weighted by atomic mass is 9.98. The Labute approximate surface area is 200 Å². The lowest BCUT2D eigenvalue weighted by Crippen LogP contribution is -2.29. The van der Waals surface area contributed by atoms with Crippen molar-refractivity contribution in [2.24, 2.45) is 0 Å².